The summed E-state index contributed by atoms with van der Waals surface area (Å²) in [5.41, 5.74) is 0.421. The van der Waals surface area contributed by atoms with Crippen LogP contribution in [-0.2, 0) is 19.6 Å². The number of carbonyl (C=O) groups is 1. The molecule has 1 aromatic rings. The summed E-state index contributed by atoms with van der Waals surface area (Å²) in [6, 6.07) is 6.36. The Balaban J connectivity index is 3.12. The maximum Gasteiger partial charge on any atom is 0.325 e. The van der Waals surface area contributed by atoms with Crippen LogP contribution in [0.4, 0.5) is 5.69 Å². The fourth-order valence-corrected chi connectivity index (χ4v) is 2.63. The molecule has 0 aromatic heterocycles. The van der Waals surface area contributed by atoms with Crippen molar-refractivity contribution in [2.45, 2.75) is 25.2 Å². The Kier molecular flexibility index (Phi) is 5.97. The summed E-state index contributed by atoms with van der Waals surface area (Å²) in [7, 11) is -3.84. The predicted octanol–water partition coefficient (Wildman–Crippen LogP) is 1.11. The number of nitrogens with zero attached hydrogens (tertiary/aromatic N) is 1. The van der Waals surface area contributed by atoms with Gasteiger partial charge in [-0.05, 0) is 25.5 Å². The zero-order chi connectivity index (χ0) is 15.2. The first-order valence-corrected chi connectivity index (χ1v) is 7.97. The van der Waals surface area contributed by atoms with Gasteiger partial charge in [0.1, 0.15) is 11.4 Å². The molecule has 0 fully saturated rings. The molecular formula is C13H20N2O4S. The van der Waals surface area contributed by atoms with Crippen LogP contribution in [0.5, 0.6) is 0 Å². The molecule has 0 radical (unpaired) electrons. The molecule has 0 heterocycles. The molecular weight excluding hydrogens is 280 g/mol. The maximum absolute atomic E-state index is 11.6. The lowest BCUT2D eigenvalue weighted by molar-refractivity contribution is -0.141. The number of sulfonamides is 1. The molecule has 0 unspecified atom stereocenters. The molecule has 0 aliphatic rings. The molecule has 6 nitrogen and oxygen atoms in total. The van der Waals surface area contributed by atoms with Crippen LogP contribution >= 0.6 is 0 Å². The van der Waals surface area contributed by atoms with Crippen molar-refractivity contribution in [3.05, 3.63) is 24.3 Å². The average Bonchev–Trinajstić information content (AvgIpc) is 2.37. The minimum atomic E-state index is -3.84. The first-order chi connectivity index (χ1) is 9.40. The van der Waals surface area contributed by atoms with E-state index >= 15 is 0 Å². The second kappa shape index (κ2) is 7.25. The summed E-state index contributed by atoms with van der Waals surface area (Å²) >= 11 is 0. The Morgan fingerprint density at radius 1 is 1.30 bits per heavy atom. The lowest BCUT2D eigenvalue weighted by atomic mass is 10.2. The van der Waals surface area contributed by atoms with Gasteiger partial charge in [0.25, 0.3) is 0 Å². The smallest absolute Gasteiger partial charge is 0.325 e. The highest BCUT2D eigenvalue weighted by Gasteiger charge is 2.20. The number of benzene rings is 1. The van der Waals surface area contributed by atoms with Crippen LogP contribution in [0, 0.1) is 0 Å². The van der Waals surface area contributed by atoms with Crippen molar-refractivity contribution in [2.75, 3.05) is 24.6 Å². The average molecular weight is 300 g/mol. The molecule has 2 N–H and O–H groups in total. The van der Waals surface area contributed by atoms with Gasteiger partial charge < -0.3 is 9.64 Å². The number of primary sulfonamides is 1. The van der Waals surface area contributed by atoms with Crippen molar-refractivity contribution in [1.29, 1.82) is 0 Å². The van der Waals surface area contributed by atoms with E-state index in [0.29, 0.717) is 12.2 Å². The Labute approximate surface area is 119 Å². The Morgan fingerprint density at radius 3 is 2.50 bits per heavy atom. The predicted molar refractivity (Wildman–Crippen MR) is 77.0 cm³/mol. The molecule has 112 valence electrons. The van der Waals surface area contributed by atoms with Crippen LogP contribution in [0.1, 0.15) is 20.3 Å². The van der Waals surface area contributed by atoms with Gasteiger partial charge in [-0.2, -0.15) is 0 Å². The van der Waals surface area contributed by atoms with Crippen LogP contribution in [0.25, 0.3) is 0 Å². The van der Waals surface area contributed by atoms with Gasteiger partial charge in [0.05, 0.1) is 12.3 Å². The topological polar surface area (TPSA) is 89.7 Å². The van der Waals surface area contributed by atoms with E-state index in [2.05, 4.69) is 0 Å². The zero-order valence-corrected chi connectivity index (χ0v) is 12.5. The molecule has 0 aliphatic carbocycles. The highest BCUT2D eigenvalue weighted by atomic mass is 32.2. The third-order valence-electron chi connectivity index (χ3n) is 2.63. The van der Waals surface area contributed by atoms with E-state index in [1.165, 1.54) is 6.07 Å². The third-order valence-corrected chi connectivity index (χ3v) is 3.59. The Hall–Kier alpha value is -1.60. The molecule has 0 bridgehead atoms. The number of para-hydroxylation sites is 1. The second-order valence-electron chi connectivity index (χ2n) is 4.24. The van der Waals surface area contributed by atoms with Gasteiger partial charge in [0, 0.05) is 6.54 Å². The number of rotatable bonds is 7. The van der Waals surface area contributed by atoms with Crippen molar-refractivity contribution in [3.8, 4) is 0 Å². The van der Waals surface area contributed by atoms with Gasteiger partial charge in [-0.15, -0.1) is 0 Å². The van der Waals surface area contributed by atoms with E-state index in [1.807, 2.05) is 6.92 Å². The number of hydrogen-bond donors (Lipinski definition) is 1. The van der Waals surface area contributed by atoms with Crippen molar-refractivity contribution in [2.24, 2.45) is 5.14 Å². The fourth-order valence-electron chi connectivity index (χ4n) is 1.88. The number of carbonyl (C=O) groups excluding carboxylic acids is 1. The van der Waals surface area contributed by atoms with Crippen LogP contribution in [-0.4, -0.2) is 34.1 Å². The lowest BCUT2D eigenvalue weighted by Gasteiger charge is -2.25. The number of esters is 1. The molecule has 20 heavy (non-hydrogen) atoms. The van der Waals surface area contributed by atoms with Gasteiger partial charge in [-0.25, -0.2) is 13.6 Å². The first-order valence-electron chi connectivity index (χ1n) is 6.42. The summed E-state index contributed by atoms with van der Waals surface area (Å²) in [5, 5.41) is 5.21. The fraction of sp³-hybridized carbons (Fsp3) is 0.462. The second-order valence-corrected chi connectivity index (χ2v) is 5.77. The van der Waals surface area contributed by atoms with Crippen LogP contribution in [0.3, 0.4) is 0 Å². The minimum absolute atomic E-state index is 0.00574. The summed E-state index contributed by atoms with van der Waals surface area (Å²) in [5.74, 6) is -0.398. The first kappa shape index (κ1) is 16.5. The number of nitrogens with two attached hydrogens (primary N) is 1. The van der Waals surface area contributed by atoms with Gasteiger partial charge in [-0.1, -0.05) is 19.1 Å². The quantitative estimate of drug-likeness (QED) is 0.762. The van der Waals surface area contributed by atoms with Crippen LogP contribution in [0.2, 0.25) is 0 Å². The van der Waals surface area contributed by atoms with Gasteiger partial charge in [0.15, 0.2) is 0 Å². The van der Waals surface area contributed by atoms with E-state index in [4.69, 9.17) is 9.88 Å². The van der Waals surface area contributed by atoms with Crippen molar-refractivity contribution in [1.82, 2.24) is 0 Å². The normalized spacial score (nSPS) is 11.2. The largest absolute Gasteiger partial charge is 0.465 e. The highest BCUT2D eigenvalue weighted by Crippen LogP contribution is 2.24. The molecule has 1 rings (SSSR count). The van der Waals surface area contributed by atoms with Crippen molar-refractivity contribution in [3.63, 3.8) is 0 Å². The Morgan fingerprint density at radius 2 is 1.95 bits per heavy atom. The molecule has 0 atom stereocenters. The van der Waals surface area contributed by atoms with E-state index in [9.17, 15) is 13.2 Å². The van der Waals surface area contributed by atoms with Gasteiger partial charge >= 0.3 is 5.97 Å². The molecule has 0 saturated carbocycles. The van der Waals surface area contributed by atoms with Gasteiger partial charge in [0.2, 0.25) is 10.0 Å². The summed E-state index contributed by atoms with van der Waals surface area (Å²) < 4.78 is 28.1. The van der Waals surface area contributed by atoms with Crippen molar-refractivity contribution < 1.29 is 17.9 Å². The number of ether oxygens (including phenoxy) is 1. The number of anilines is 1. The highest BCUT2D eigenvalue weighted by molar-refractivity contribution is 7.89. The summed E-state index contributed by atoms with van der Waals surface area (Å²) in [6.07, 6.45) is 0.762. The summed E-state index contributed by atoms with van der Waals surface area (Å²) in [4.78, 5) is 13.3. The Bertz CT molecular complexity index is 557. The van der Waals surface area contributed by atoms with E-state index < -0.39 is 16.0 Å². The van der Waals surface area contributed by atoms with E-state index in [-0.39, 0.29) is 18.0 Å². The summed E-state index contributed by atoms with van der Waals surface area (Å²) in [6.45, 7) is 4.48. The molecule has 0 saturated heterocycles. The minimum Gasteiger partial charge on any atom is -0.465 e. The molecule has 1 aromatic carbocycles. The molecule has 7 heteroatoms. The monoisotopic (exact) mass is 300 g/mol. The van der Waals surface area contributed by atoms with Crippen molar-refractivity contribution >= 4 is 21.7 Å². The molecule has 0 aliphatic heterocycles. The molecule has 0 spiro atoms. The van der Waals surface area contributed by atoms with Gasteiger partial charge in [-0.3, -0.25) is 4.79 Å². The van der Waals surface area contributed by atoms with Crippen LogP contribution < -0.4 is 10.0 Å². The number of hydrogen-bond acceptors (Lipinski definition) is 5. The maximum atomic E-state index is 11.6. The third kappa shape index (κ3) is 4.50. The van der Waals surface area contributed by atoms with E-state index in [0.717, 1.165) is 6.42 Å². The standard InChI is InChI=1S/C13H20N2O4S/c1-3-9-15(10-13(16)19-4-2)11-7-5-6-8-12(11)20(14,17)18/h5-8H,3-4,9-10H2,1-2H3,(H2,14,17,18). The molecule has 0 amide bonds. The van der Waals surface area contributed by atoms with E-state index in [1.54, 1.807) is 30.0 Å². The SMILES string of the molecule is CCCN(CC(=O)OCC)c1ccccc1S(N)(=O)=O. The lowest BCUT2D eigenvalue weighted by Crippen LogP contribution is -2.33. The van der Waals surface area contributed by atoms with Crippen LogP contribution in [0.15, 0.2) is 29.2 Å². The zero-order valence-electron chi connectivity index (χ0n) is 11.7.